The van der Waals surface area contributed by atoms with E-state index in [-0.39, 0.29) is 0 Å². The van der Waals surface area contributed by atoms with Gasteiger partial charge < -0.3 is 5.32 Å². The van der Waals surface area contributed by atoms with E-state index in [1.165, 1.54) is 12.8 Å². The molecule has 3 heteroatoms. The van der Waals surface area contributed by atoms with Crippen LogP contribution in [0.25, 0.3) is 0 Å². The van der Waals surface area contributed by atoms with Crippen molar-refractivity contribution in [3.63, 3.8) is 0 Å². The molecule has 0 aliphatic heterocycles. The molecule has 2 aliphatic carbocycles. The highest BCUT2D eigenvalue weighted by atomic mass is 32.2. The average molecular weight is 241 g/mol. The minimum atomic E-state index is -0.668. The summed E-state index contributed by atoms with van der Waals surface area (Å²) >= 11 is 0. The Labute approximate surface area is 101 Å². The molecule has 0 aromatic rings. The highest BCUT2D eigenvalue weighted by molar-refractivity contribution is 7.84. The summed E-state index contributed by atoms with van der Waals surface area (Å²) in [6.07, 6.45) is 10.4. The van der Waals surface area contributed by atoms with Crippen molar-refractivity contribution in [2.45, 2.75) is 31.4 Å². The summed E-state index contributed by atoms with van der Waals surface area (Å²) in [5.74, 6) is 2.58. The van der Waals surface area contributed by atoms with Crippen LogP contribution in [-0.4, -0.2) is 28.8 Å². The summed E-state index contributed by atoms with van der Waals surface area (Å²) in [6, 6.07) is 0. The maximum absolute atomic E-state index is 11.2. The zero-order chi connectivity index (χ0) is 11.5. The Balaban J connectivity index is 1.59. The molecule has 0 spiro atoms. The minimum absolute atomic E-state index is 0.326. The predicted octanol–water partition coefficient (Wildman–Crippen LogP) is 1.95. The molecule has 5 unspecified atom stereocenters. The van der Waals surface area contributed by atoms with Gasteiger partial charge in [-0.1, -0.05) is 19.1 Å². The van der Waals surface area contributed by atoms with Crippen molar-refractivity contribution in [2.75, 3.05) is 19.3 Å². The van der Waals surface area contributed by atoms with Crippen LogP contribution in [0.5, 0.6) is 0 Å². The van der Waals surface area contributed by atoms with E-state index in [4.69, 9.17) is 0 Å². The van der Waals surface area contributed by atoms with Crippen LogP contribution in [0.2, 0.25) is 0 Å². The van der Waals surface area contributed by atoms with Crippen molar-refractivity contribution in [3.8, 4) is 0 Å². The minimum Gasteiger partial charge on any atom is -0.316 e. The SMILES string of the molecule is CC(CCNCC1CC2C=CC1C2)S(C)=O. The van der Waals surface area contributed by atoms with Gasteiger partial charge in [0.2, 0.25) is 0 Å². The highest BCUT2D eigenvalue weighted by Crippen LogP contribution is 2.42. The number of hydrogen-bond donors (Lipinski definition) is 1. The molecule has 2 rings (SSSR count). The Morgan fingerprint density at radius 3 is 2.81 bits per heavy atom. The van der Waals surface area contributed by atoms with E-state index in [0.717, 1.165) is 37.3 Å². The molecule has 1 saturated carbocycles. The average Bonchev–Trinajstić information content (AvgIpc) is 2.85. The van der Waals surface area contributed by atoms with Gasteiger partial charge in [0.15, 0.2) is 0 Å². The number of fused-ring (bicyclic) bond motifs is 2. The van der Waals surface area contributed by atoms with E-state index in [0.29, 0.717) is 5.25 Å². The first-order valence-corrected chi connectivity index (χ1v) is 8.00. The van der Waals surface area contributed by atoms with Gasteiger partial charge in [-0.15, -0.1) is 0 Å². The van der Waals surface area contributed by atoms with Crippen molar-refractivity contribution in [1.82, 2.24) is 5.32 Å². The fourth-order valence-corrected chi connectivity index (χ4v) is 3.34. The molecule has 2 bridgehead atoms. The maximum Gasteiger partial charge on any atom is 0.0329 e. The molecule has 1 N–H and O–H groups in total. The molecular weight excluding hydrogens is 218 g/mol. The van der Waals surface area contributed by atoms with Gasteiger partial charge in [-0.2, -0.15) is 0 Å². The molecule has 92 valence electrons. The Hall–Kier alpha value is -0.150. The van der Waals surface area contributed by atoms with Crippen LogP contribution in [0.3, 0.4) is 0 Å². The van der Waals surface area contributed by atoms with Gasteiger partial charge in [-0.25, -0.2) is 0 Å². The van der Waals surface area contributed by atoms with Gasteiger partial charge in [-0.05, 0) is 50.1 Å². The van der Waals surface area contributed by atoms with Crippen LogP contribution >= 0.6 is 0 Å². The van der Waals surface area contributed by atoms with Crippen LogP contribution < -0.4 is 5.32 Å². The number of allylic oxidation sites excluding steroid dienone is 2. The number of rotatable bonds is 6. The molecule has 5 atom stereocenters. The summed E-state index contributed by atoms with van der Waals surface area (Å²) in [5.41, 5.74) is 0. The third-order valence-corrected chi connectivity index (χ3v) is 5.49. The first kappa shape index (κ1) is 12.3. The molecule has 2 nitrogen and oxygen atoms in total. The molecule has 0 radical (unpaired) electrons. The van der Waals surface area contributed by atoms with Gasteiger partial charge in [0.05, 0.1) is 0 Å². The lowest BCUT2D eigenvalue weighted by Gasteiger charge is -2.19. The fourth-order valence-electron chi connectivity index (χ4n) is 2.89. The Morgan fingerprint density at radius 2 is 2.25 bits per heavy atom. The van der Waals surface area contributed by atoms with Crippen molar-refractivity contribution in [3.05, 3.63) is 12.2 Å². The van der Waals surface area contributed by atoms with Crippen LogP contribution in [0, 0.1) is 17.8 Å². The van der Waals surface area contributed by atoms with E-state index in [1.54, 1.807) is 6.26 Å². The highest BCUT2D eigenvalue weighted by Gasteiger charge is 2.34. The van der Waals surface area contributed by atoms with Crippen molar-refractivity contribution < 1.29 is 4.21 Å². The summed E-state index contributed by atoms with van der Waals surface area (Å²) in [5, 5.41) is 3.86. The lowest BCUT2D eigenvalue weighted by atomic mass is 9.94. The molecule has 2 aliphatic rings. The second-order valence-electron chi connectivity index (χ2n) is 5.34. The zero-order valence-corrected chi connectivity index (χ0v) is 11.1. The summed E-state index contributed by atoms with van der Waals surface area (Å²) in [7, 11) is -0.668. The standard InChI is InChI=1S/C13H23NOS/c1-10(16(2)15)5-6-14-9-13-8-11-3-4-12(13)7-11/h3-4,10-14H,5-9H2,1-2H3. The van der Waals surface area contributed by atoms with Gasteiger partial charge in [0.1, 0.15) is 0 Å². The van der Waals surface area contributed by atoms with E-state index < -0.39 is 10.8 Å². The second kappa shape index (κ2) is 5.46. The second-order valence-corrected chi connectivity index (χ2v) is 7.14. The lowest BCUT2D eigenvalue weighted by Crippen LogP contribution is -2.28. The summed E-state index contributed by atoms with van der Waals surface area (Å²) in [6.45, 7) is 4.23. The predicted molar refractivity (Wildman–Crippen MR) is 69.9 cm³/mol. The Kier molecular flexibility index (Phi) is 4.20. The quantitative estimate of drug-likeness (QED) is 0.569. The zero-order valence-electron chi connectivity index (χ0n) is 10.3. The van der Waals surface area contributed by atoms with E-state index in [2.05, 4.69) is 24.4 Å². The van der Waals surface area contributed by atoms with E-state index in [1.807, 2.05) is 0 Å². The summed E-state index contributed by atoms with van der Waals surface area (Å²) in [4.78, 5) is 0. The topological polar surface area (TPSA) is 29.1 Å². The fraction of sp³-hybridized carbons (Fsp3) is 0.846. The van der Waals surface area contributed by atoms with Crippen LogP contribution in [0.1, 0.15) is 26.2 Å². The monoisotopic (exact) mass is 241 g/mol. The molecule has 0 heterocycles. The third-order valence-electron chi connectivity index (χ3n) is 4.12. The molecular formula is C13H23NOS. The van der Waals surface area contributed by atoms with Crippen LogP contribution in [0.4, 0.5) is 0 Å². The summed E-state index contributed by atoms with van der Waals surface area (Å²) < 4.78 is 11.2. The van der Waals surface area contributed by atoms with Gasteiger partial charge in [-0.3, -0.25) is 4.21 Å². The Bertz CT molecular complexity index is 290. The lowest BCUT2D eigenvalue weighted by molar-refractivity contribution is 0.413. The molecule has 0 aromatic carbocycles. The molecule has 0 aromatic heterocycles. The third kappa shape index (κ3) is 2.95. The van der Waals surface area contributed by atoms with Crippen molar-refractivity contribution >= 4 is 10.8 Å². The number of hydrogen-bond acceptors (Lipinski definition) is 2. The van der Waals surface area contributed by atoms with E-state index >= 15 is 0 Å². The Morgan fingerprint density at radius 1 is 1.44 bits per heavy atom. The maximum atomic E-state index is 11.2. The smallest absolute Gasteiger partial charge is 0.0329 e. The largest absolute Gasteiger partial charge is 0.316 e. The van der Waals surface area contributed by atoms with Gasteiger partial charge in [0, 0.05) is 22.3 Å². The van der Waals surface area contributed by atoms with E-state index in [9.17, 15) is 4.21 Å². The number of nitrogens with one attached hydrogen (secondary N) is 1. The molecule has 16 heavy (non-hydrogen) atoms. The first-order valence-electron chi connectivity index (χ1n) is 6.38. The van der Waals surface area contributed by atoms with Crippen LogP contribution in [-0.2, 0) is 10.8 Å². The van der Waals surface area contributed by atoms with Gasteiger partial charge in [0.25, 0.3) is 0 Å². The first-order chi connectivity index (χ1) is 7.66. The normalized spacial score (nSPS) is 35.5. The molecule has 0 saturated heterocycles. The molecule has 0 amide bonds. The van der Waals surface area contributed by atoms with Crippen LogP contribution in [0.15, 0.2) is 12.2 Å². The van der Waals surface area contributed by atoms with Crippen molar-refractivity contribution in [1.29, 1.82) is 0 Å². The van der Waals surface area contributed by atoms with Crippen molar-refractivity contribution in [2.24, 2.45) is 17.8 Å². The molecule has 1 fully saturated rings. The van der Waals surface area contributed by atoms with Gasteiger partial charge >= 0.3 is 0 Å².